The first-order chi connectivity index (χ1) is 10.7. The lowest BCUT2D eigenvalue weighted by Gasteiger charge is -2.37. The summed E-state index contributed by atoms with van der Waals surface area (Å²) in [4.78, 5) is 19.5. The lowest BCUT2D eigenvalue weighted by molar-refractivity contribution is 0.0228. The Kier molecular flexibility index (Phi) is 3.90. The second kappa shape index (κ2) is 6.00. The fraction of sp³-hybridized carbons (Fsp3) is 0.312. The lowest BCUT2D eigenvalue weighted by atomic mass is 9.76. The maximum absolute atomic E-state index is 12.3. The summed E-state index contributed by atoms with van der Waals surface area (Å²) in [6.07, 6.45) is 4.18. The molecule has 0 saturated heterocycles. The second-order valence-electron chi connectivity index (χ2n) is 5.50. The van der Waals surface area contributed by atoms with Crippen molar-refractivity contribution in [3.8, 4) is 6.07 Å². The summed E-state index contributed by atoms with van der Waals surface area (Å²) in [6.45, 7) is 0. The van der Waals surface area contributed by atoms with E-state index >= 15 is 0 Å². The number of aliphatic hydroxyl groups is 1. The van der Waals surface area contributed by atoms with Crippen molar-refractivity contribution in [1.82, 2.24) is 15.3 Å². The highest BCUT2D eigenvalue weighted by molar-refractivity contribution is 5.93. The number of carbonyl (C=O) groups excluding carboxylic acids is 1. The van der Waals surface area contributed by atoms with E-state index in [1.54, 1.807) is 6.20 Å². The molecule has 6 nitrogen and oxygen atoms in total. The third-order valence-electron chi connectivity index (χ3n) is 3.97. The molecule has 112 valence electrons. The number of nitrogens with zero attached hydrogens (tertiary/aromatic N) is 2. The van der Waals surface area contributed by atoms with Crippen molar-refractivity contribution in [2.45, 2.75) is 25.0 Å². The van der Waals surface area contributed by atoms with Crippen LogP contribution in [0.5, 0.6) is 0 Å². The van der Waals surface area contributed by atoms with Gasteiger partial charge in [-0.2, -0.15) is 5.26 Å². The molecule has 1 aliphatic carbocycles. The number of hydrogen-bond donors (Lipinski definition) is 3. The topological polar surface area (TPSA) is 102 Å². The minimum atomic E-state index is -0.302. The van der Waals surface area contributed by atoms with Crippen LogP contribution in [0.1, 0.15) is 40.6 Å². The van der Waals surface area contributed by atoms with E-state index in [0.717, 1.165) is 5.69 Å². The third-order valence-corrected chi connectivity index (χ3v) is 3.97. The largest absolute Gasteiger partial charge is 0.393 e. The number of H-pyrrole nitrogens is 1. The average molecular weight is 296 g/mol. The molecule has 1 atom stereocenters. The molecule has 2 aromatic heterocycles. The SMILES string of the molecule is N#Cc1c[nH]c(C(=O)N[C@@H](c2ccccn2)C2CC(O)C2)c1. The molecule has 0 aromatic carbocycles. The Bertz CT molecular complexity index is 698. The van der Waals surface area contributed by atoms with E-state index in [4.69, 9.17) is 5.26 Å². The number of nitriles is 1. The first kappa shape index (κ1) is 14.3. The number of hydrogen-bond acceptors (Lipinski definition) is 4. The molecular weight excluding hydrogens is 280 g/mol. The first-order valence-electron chi connectivity index (χ1n) is 7.15. The van der Waals surface area contributed by atoms with Crippen LogP contribution >= 0.6 is 0 Å². The summed E-state index contributed by atoms with van der Waals surface area (Å²) >= 11 is 0. The first-order valence-corrected chi connectivity index (χ1v) is 7.15. The van der Waals surface area contributed by atoms with Gasteiger partial charge in [-0.25, -0.2) is 0 Å². The summed E-state index contributed by atoms with van der Waals surface area (Å²) in [7, 11) is 0. The van der Waals surface area contributed by atoms with E-state index in [-0.39, 0.29) is 24.0 Å². The molecule has 3 N–H and O–H groups in total. The lowest BCUT2D eigenvalue weighted by Crippen LogP contribution is -2.41. The number of aromatic nitrogens is 2. The average Bonchev–Trinajstić information content (AvgIpc) is 3.00. The number of pyridine rings is 1. The second-order valence-corrected chi connectivity index (χ2v) is 5.50. The van der Waals surface area contributed by atoms with Gasteiger partial charge >= 0.3 is 0 Å². The Morgan fingerprint density at radius 3 is 2.91 bits per heavy atom. The molecule has 0 spiro atoms. The normalized spacial score (nSPS) is 21.5. The molecule has 1 amide bonds. The number of amides is 1. The van der Waals surface area contributed by atoms with E-state index in [2.05, 4.69) is 15.3 Å². The highest BCUT2D eigenvalue weighted by Crippen LogP contribution is 2.37. The van der Waals surface area contributed by atoms with Gasteiger partial charge < -0.3 is 15.4 Å². The molecule has 0 unspecified atom stereocenters. The summed E-state index contributed by atoms with van der Waals surface area (Å²) in [5.74, 6) is -0.113. The fourth-order valence-corrected chi connectivity index (χ4v) is 2.70. The molecule has 0 radical (unpaired) electrons. The van der Waals surface area contributed by atoms with Crippen LogP contribution in [0.15, 0.2) is 36.7 Å². The maximum Gasteiger partial charge on any atom is 0.268 e. The molecule has 6 heteroatoms. The van der Waals surface area contributed by atoms with Gasteiger partial charge in [0.05, 0.1) is 23.4 Å². The van der Waals surface area contributed by atoms with Gasteiger partial charge in [-0.15, -0.1) is 0 Å². The highest BCUT2D eigenvalue weighted by Gasteiger charge is 2.36. The smallest absolute Gasteiger partial charge is 0.268 e. The van der Waals surface area contributed by atoms with Gasteiger partial charge in [-0.1, -0.05) is 6.07 Å². The van der Waals surface area contributed by atoms with Crippen LogP contribution in [0.4, 0.5) is 0 Å². The van der Waals surface area contributed by atoms with Crippen LogP contribution < -0.4 is 5.32 Å². The molecule has 3 rings (SSSR count). The zero-order valence-electron chi connectivity index (χ0n) is 11.9. The van der Waals surface area contributed by atoms with Crippen LogP contribution in [-0.4, -0.2) is 27.1 Å². The van der Waals surface area contributed by atoms with Gasteiger partial charge in [0.1, 0.15) is 11.8 Å². The van der Waals surface area contributed by atoms with Crippen molar-refractivity contribution in [3.05, 3.63) is 53.6 Å². The van der Waals surface area contributed by atoms with Crippen molar-refractivity contribution in [2.75, 3.05) is 0 Å². The predicted molar refractivity (Wildman–Crippen MR) is 78.7 cm³/mol. The summed E-state index contributed by atoms with van der Waals surface area (Å²) in [6, 6.07) is 8.81. The molecule has 1 aliphatic rings. The van der Waals surface area contributed by atoms with Crippen LogP contribution in [0.25, 0.3) is 0 Å². The van der Waals surface area contributed by atoms with Crippen molar-refractivity contribution in [2.24, 2.45) is 5.92 Å². The molecule has 1 fully saturated rings. The van der Waals surface area contributed by atoms with E-state index in [1.807, 2.05) is 24.3 Å². The van der Waals surface area contributed by atoms with E-state index in [9.17, 15) is 9.90 Å². The third kappa shape index (κ3) is 2.85. The maximum atomic E-state index is 12.3. The summed E-state index contributed by atoms with van der Waals surface area (Å²) < 4.78 is 0. The molecule has 0 aliphatic heterocycles. The zero-order chi connectivity index (χ0) is 15.5. The Labute approximate surface area is 127 Å². The number of nitrogens with one attached hydrogen (secondary N) is 2. The van der Waals surface area contributed by atoms with Crippen molar-refractivity contribution in [1.29, 1.82) is 5.26 Å². The van der Waals surface area contributed by atoms with Gasteiger partial charge in [0, 0.05) is 12.4 Å². The van der Waals surface area contributed by atoms with Crippen LogP contribution in [0.2, 0.25) is 0 Å². The van der Waals surface area contributed by atoms with Gasteiger partial charge in [0.2, 0.25) is 0 Å². The van der Waals surface area contributed by atoms with Crippen LogP contribution in [-0.2, 0) is 0 Å². The van der Waals surface area contributed by atoms with Gasteiger partial charge in [0.25, 0.3) is 5.91 Å². The Morgan fingerprint density at radius 1 is 1.50 bits per heavy atom. The monoisotopic (exact) mass is 296 g/mol. The highest BCUT2D eigenvalue weighted by atomic mass is 16.3. The summed E-state index contributed by atoms with van der Waals surface area (Å²) in [5.41, 5.74) is 1.54. The Hall–Kier alpha value is -2.65. The van der Waals surface area contributed by atoms with Crippen molar-refractivity contribution < 1.29 is 9.90 Å². The van der Waals surface area contributed by atoms with Crippen molar-refractivity contribution in [3.63, 3.8) is 0 Å². The minimum absolute atomic E-state index is 0.166. The van der Waals surface area contributed by atoms with Gasteiger partial charge in [-0.3, -0.25) is 9.78 Å². The van der Waals surface area contributed by atoms with Gasteiger partial charge in [-0.05, 0) is 37.0 Å². The molecule has 22 heavy (non-hydrogen) atoms. The fourth-order valence-electron chi connectivity index (χ4n) is 2.70. The van der Waals surface area contributed by atoms with Crippen LogP contribution in [0.3, 0.4) is 0 Å². The number of rotatable bonds is 4. The van der Waals surface area contributed by atoms with Crippen LogP contribution in [0, 0.1) is 17.2 Å². The Balaban J connectivity index is 1.78. The standard InChI is InChI=1S/C16H16N4O2/c17-8-10-5-14(19-9-10)16(22)20-15(11-6-12(21)7-11)13-3-1-2-4-18-13/h1-5,9,11-12,15,19,21H,6-7H2,(H,20,22)/t11?,12?,15-/m1/s1. The van der Waals surface area contributed by atoms with E-state index in [0.29, 0.717) is 24.1 Å². The molecule has 1 saturated carbocycles. The van der Waals surface area contributed by atoms with Gasteiger partial charge in [0.15, 0.2) is 0 Å². The van der Waals surface area contributed by atoms with E-state index in [1.165, 1.54) is 12.3 Å². The number of carbonyl (C=O) groups is 1. The minimum Gasteiger partial charge on any atom is -0.393 e. The molecule has 2 heterocycles. The predicted octanol–water partition coefficient (Wildman–Crippen LogP) is 1.52. The molecular formula is C16H16N4O2. The number of aromatic amines is 1. The van der Waals surface area contributed by atoms with Crippen molar-refractivity contribution >= 4 is 5.91 Å². The Morgan fingerprint density at radius 2 is 2.32 bits per heavy atom. The quantitative estimate of drug-likeness (QED) is 0.796. The number of aliphatic hydroxyl groups excluding tert-OH is 1. The summed E-state index contributed by atoms with van der Waals surface area (Å²) in [5, 5.41) is 21.3. The molecule has 2 aromatic rings. The zero-order valence-corrected chi connectivity index (χ0v) is 11.9. The van der Waals surface area contributed by atoms with E-state index < -0.39 is 0 Å². The molecule has 0 bridgehead atoms.